The fourth-order valence-corrected chi connectivity index (χ4v) is 2.71. The first-order valence-electron chi connectivity index (χ1n) is 7.96. The van der Waals surface area contributed by atoms with E-state index in [2.05, 4.69) is 15.4 Å². The van der Waals surface area contributed by atoms with Crippen molar-refractivity contribution in [3.63, 3.8) is 0 Å². The highest BCUT2D eigenvalue weighted by molar-refractivity contribution is 5.75. The van der Waals surface area contributed by atoms with E-state index in [1.54, 1.807) is 7.11 Å². The minimum Gasteiger partial charge on any atom is -0.497 e. The summed E-state index contributed by atoms with van der Waals surface area (Å²) in [4.78, 5) is 15.6. The smallest absolute Gasteiger partial charge is 0.246 e. The van der Waals surface area contributed by atoms with Gasteiger partial charge in [-0.15, -0.1) is 10.2 Å². The number of carbonyl (C=O) groups is 1. The van der Waals surface area contributed by atoms with Gasteiger partial charge in [0.05, 0.1) is 7.11 Å². The first-order chi connectivity index (χ1) is 11.3. The van der Waals surface area contributed by atoms with Crippen LogP contribution in [0.4, 0.5) is 0 Å². The molecule has 1 saturated heterocycles. The first-order valence-corrected chi connectivity index (χ1v) is 7.96. The predicted octanol–water partition coefficient (Wildman–Crippen LogP) is 1.75. The molecule has 122 valence electrons. The Morgan fingerprint density at radius 3 is 2.48 bits per heavy atom. The number of hydrogen-bond acceptors (Lipinski definition) is 5. The van der Waals surface area contributed by atoms with E-state index >= 15 is 0 Å². The number of aromatic nitrogens is 4. The highest BCUT2D eigenvalue weighted by Gasteiger charge is 2.17. The molecule has 7 nitrogen and oxygen atoms in total. The van der Waals surface area contributed by atoms with Gasteiger partial charge >= 0.3 is 0 Å². The summed E-state index contributed by atoms with van der Waals surface area (Å²) in [5.74, 6) is 1.35. The number of methoxy groups -OCH3 is 1. The van der Waals surface area contributed by atoms with Gasteiger partial charge in [-0.3, -0.25) is 4.79 Å². The van der Waals surface area contributed by atoms with Crippen LogP contribution in [0.1, 0.15) is 25.7 Å². The maximum Gasteiger partial charge on any atom is 0.246 e. The van der Waals surface area contributed by atoms with Gasteiger partial charge in [0.1, 0.15) is 12.3 Å². The van der Waals surface area contributed by atoms with Gasteiger partial charge < -0.3 is 9.64 Å². The minimum atomic E-state index is 0.0607. The molecule has 1 aliphatic rings. The van der Waals surface area contributed by atoms with Gasteiger partial charge in [-0.2, -0.15) is 4.80 Å². The Hall–Kier alpha value is -2.44. The number of amides is 1. The van der Waals surface area contributed by atoms with Crippen LogP contribution in [0.3, 0.4) is 0 Å². The van der Waals surface area contributed by atoms with Crippen molar-refractivity contribution in [3.8, 4) is 17.1 Å². The number of ether oxygens (including phenoxy) is 1. The molecule has 0 bridgehead atoms. The van der Waals surface area contributed by atoms with Gasteiger partial charge in [0, 0.05) is 18.7 Å². The van der Waals surface area contributed by atoms with Crippen molar-refractivity contribution in [3.05, 3.63) is 24.3 Å². The number of benzene rings is 1. The number of tetrazole rings is 1. The molecular weight excluding hydrogens is 294 g/mol. The molecule has 0 spiro atoms. The Labute approximate surface area is 135 Å². The van der Waals surface area contributed by atoms with E-state index in [-0.39, 0.29) is 12.5 Å². The highest BCUT2D eigenvalue weighted by Crippen LogP contribution is 2.18. The largest absolute Gasteiger partial charge is 0.497 e. The maximum atomic E-state index is 12.3. The highest BCUT2D eigenvalue weighted by atomic mass is 16.5. The third-order valence-corrected chi connectivity index (χ3v) is 4.04. The molecule has 0 N–H and O–H groups in total. The Balaban J connectivity index is 1.65. The average Bonchev–Trinajstić information content (AvgIpc) is 2.87. The number of nitrogens with zero attached hydrogens (tertiary/aromatic N) is 5. The van der Waals surface area contributed by atoms with Crippen molar-refractivity contribution in [1.82, 2.24) is 25.1 Å². The quantitative estimate of drug-likeness (QED) is 0.859. The zero-order valence-electron chi connectivity index (χ0n) is 13.3. The fourth-order valence-electron chi connectivity index (χ4n) is 2.71. The third-order valence-electron chi connectivity index (χ3n) is 4.04. The first kappa shape index (κ1) is 15.5. The molecule has 1 aliphatic heterocycles. The van der Waals surface area contributed by atoms with E-state index in [1.165, 1.54) is 17.6 Å². The summed E-state index contributed by atoms with van der Waals surface area (Å²) >= 11 is 0. The number of likely N-dealkylation sites (tertiary alicyclic amines) is 1. The summed E-state index contributed by atoms with van der Waals surface area (Å²) in [7, 11) is 1.62. The van der Waals surface area contributed by atoms with Crippen LogP contribution in [0.2, 0.25) is 0 Å². The Kier molecular flexibility index (Phi) is 4.85. The second-order valence-electron chi connectivity index (χ2n) is 5.67. The molecule has 2 heterocycles. The Morgan fingerprint density at radius 2 is 1.83 bits per heavy atom. The van der Waals surface area contributed by atoms with E-state index in [0.717, 1.165) is 37.2 Å². The van der Waals surface area contributed by atoms with E-state index in [0.29, 0.717) is 5.82 Å². The summed E-state index contributed by atoms with van der Waals surface area (Å²) in [5, 5.41) is 12.3. The molecule has 0 radical (unpaired) electrons. The summed E-state index contributed by atoms with van der Waals surface area (Å²) in [6.07, 6.45) is 4.56. The Bertz CT molecular complexity index is 645. The lowest BCUT2D eigenvalue weighted by atomic mass is 10.2. The van der Waals surface area contributed by atoms with Crippen LogP contribution in [0.5, 0.6) is 5.75 Å². The standard InChI is InChI=1S/C16H21N5O2/c1-23-14-8-6-13(7-9-14)16-17-19-21(18-16)12-15(22)20-10-4-2-3-5-11-20/h6-9H,2-5,10-12H2,1H3. The molecule has 0 atom stereocenters. The van der Waals surface area contributed by atoms with Crippen molar-refractivity contribution < 1.29 is 9.53 Å². The van der Waals surface area contributed by atoms with Crippen molar-refractivity contribution >= 4 is 5.91 Å². The predicted molar refractivity (Wildman–Crippen MR) is 84.9 cm³/mol. The Morgan fingerprint density at radius 1 is 1.13 bits per heavy atom. The molecule has 1 aromatic carbocycles. The van der Waals surface area contributed by atoms with Crippen LogP contribution in [0, 0.1) is 0 Å². The van der Waals surface area contributed by atoms with Crippen molar-refractivity contribution in [2.75, 3.05) is 20.2 Å². The zero-order chi connectivity index (χ0) is 16.1. The van der Waals surface area contributed by atoms with E-state index in [9.17, 15) is 4.79 Å². The topological polar surface area (TPSA) is 73.1 Å². The van der Waals surface area contributed by atoms with Crippen molar-refractivity contribution in [2.24, 2.45) is 0 Å². The number of hydrogen-bond donors (Lipinski definition) is 0. The lowest BCUT2D eigenvalue weighted by Crippen LogP contribution is -2.35. The summed E-state index contributed by atoms with van der Waals surface area (Å²) in [6.45, 7) is 1.81. The molecule has 7 heteroatoms. The van der Waals surface area contributed by atoms with Crippen LogP contribution in [-0.2, 0) is 11.3 Å². The van der Waals surface area contributed by atoms with E-state index in [4.69, 9.17) is 4.74 Å². The van der Waals surface area contributed by atoms with Gasteiger partial charge in [0.2, 0.25) is 11.7 Å². The van der Waals surface area contributed by atoms with Crippen molar-refractivity contribution in [1.29, 1.82) is 0 Å². The lowest BCUT2D eigenvalue weighted by molar-refractivity contribution is -0.132. The summed E-state index contributed by atoms with van der Waals surface area (Å²) < 4.78 is 5.13. The number of carbonyl (C=O) groups excluding carboxylic acids is 1. The molecule has 0 unspecified atom stereocenters. The van der Waals surface area contributed by atoms with Crippen LogP contribution < -0.4 is 4.74 Å². The SMILES string of the molecule is COc1ccc(-c2nnn(CC(=O)N3CCCCCC3)n2)cc1. The number of rotatable bonds is 4. The molecule has 2 aromatic rings. The normalized spacial score (nSPS) is 15.3. The second kappa shape index (κ2) is 7.21. The maximum absolute atomic E-state index is 12.3. The minimum absolute atomic E-state index is 0.0607. The van der Waals surface area contributed by atoms with Gasteiger partial charge in [0.15, 0.2) is 0 Å². The monoisotopic (exact) mass is 315 g/mol. The van der Waals surface area contributed by atoms with Crippen LogP contribution in [0.15, 0.2) is 24.3 Å². The molecule has 1 amide bonds. The van der Waals surface area contributed by atoms with Gasteiger partial charge in [-0.05, 0) is 42.3 Å². The van der Waals surface area contributed by atoms with Crippen LogP contribution >= 0.6 is 0 Å². The molecule has 1 aromatic heterocycles. The van der Waals surface area contributed by atoms with Gasteiger partial charge in [-0.1, -0.05) is 12.8 Å². The molecule has 3 rings (SSSR count). The molecular formula is C16H21N5O2. The molecule has 0 saturated carbocycles. The van der Waals surface area contributed by atoms with Crippen LogP contribution in [0.25, 0.3) is 11.4 Å². The molecule has 23 heavy (non-hydrogen) atoms. The molecule has 0 aliphatic carbocycles. The average molecular weight is 315 g/mol. The van der Waals surface area contributed by atoms with E-state index in [1.807, 2.05) is 29.2 Å². The zero-order valence-corrected chi connectivity index (χ0v) is 13.3. The van der Waals surface area contributed by atoms with Crippen molar-refractivity contribution in [2.45, 2.75) is 32.2 Å². The fraction of sp³-hybridized carbons (Fsp3) is 0.500. The van der Waals surface area contributed by atoms with E-state index < -0.39 is 0 Å². The van der Waals surface area contributed by atoms with Crippen LogP contribution in [-0.4, -0.2) is 51.2 Å². The molecule has 1 fully saturated rings. The summed E-state index contributed by atoms with van der Waals surface area (Å²) in [5.41, 5.74) is 0.847. The lowest BCUT2D eigenvalue weighted by Gasteiger charge is -2.19. The summed E-state index contributed by atoms with van der Waals surface area (Å²) in [6, 6.07) is 7.43. The van der Waals surface area contributed by atoms with Gasteiger partial charge in [0.25, 0.3) is 0 Å². The second-order valence-corrected chi connectivity index (χ2v) is 5.67. The third kappa shape index (κ3) is 3.85. The van der Waals surface area contributed by atoms with Gasteiger partial charge in [-0.25, -0.2) is 0 Å².